The minimum absolute atomic E-state index is 0.106. The number of ether oxygens (including phenoxy) is 1. The van der Waals surface area contributed by atoms with E-state index in [9.17, 15) is 13.2 Å². The first-order valence-electron chi connectivity index (χ1n) is 8.52. The highest BCUT2D eigenvalue weighted by Crippen LogP contribution is 2.16. The van der Waals surface area contributed by atoms with E-state index in [4.69, 9.17) is 4.74 Å². The summed E-state index contributed by atoms with van der Waals surface area (Å²) >= 11 is 0. The fourth-order valence-corrected chi connectivity index (χ4v) is 3.72. The molecule has 140 valence electrons. The Morgan fingerprint density at radius 1 is 1.00 bits per heavy atom. The van der Waals surface area contributed by atoms with Gasteiger partial charge in [-0.3, -0.25) is 5.32 Å². The van der Waals surface area contributed by atoms with Gasteiger partial charge in [0.2, 0.25) is 0 Å². The second kappa shape index (κ2) is 8.36. The van der Waals surface area contributed by atoms with Crippen molar-refractivity contribution in [3.63, 3.8) is 0 Å². The molecule has 2 aromatic rings. The molecule has 1 amide bonds. The smallest absolute Gasteiger partial charge is 0.412 e. The number of hydrogen-bond acceptors (Lipinski definition) is 4. The molecule has 5 nitrogen and oxygen atoms in total. The standard InChI is InChI=1S/C20H25NO4S/c1-20(2,3)25-19(22)21-17-13-11-16(12-14-17)8-7-15-26(23,24)18-9-5-4-6-10-18/h4-6,9-14H,7-8,15H2,1-3H3,(H,21,22). The molecule has 0 aromatic heterocycles. The second-order valence-corrected chi connectivity index (χ2v) is 9.17. The van der Waals surface area contributed by atoms with E-state index in [0.29, 0.717) is 23.4 Å². The average Bonchev–Trinajstić information content (AvgIpc) is 2.55. The fourth-order valence-electron chi connectivity index (χ4n) is 2.39. The first-order chi connectivity index (χ1) is 12.2. The molecule has 0 fully saturated rings. The molecule has 0 aliphatic rings. The molecule has 0 atom stereocenters. The van der Waals surface area contributed by atoms with Gasteiger partial charge in [0.15, 0.2) is 9.84 Å². The van der Waals surface area contributed by atoms with Crippen LogP contribution in [0.1, 0.15) is 32.8 Å². The summed E-state index contributed by atoms with van der Waals surface area (Å²) in [5, 5.41) is 2.67. The summed E-state index contributed by atoms with van der Waals surface area (Å²) in [5.41, 5.74) is 1.11. The lowest BCUT2D eigenvalue weighted by molar-refractivity contribution is 0.0636. The molecular weight excluding hydrogens is 350 g/mol. The molecule has 0 radical (unpaired) electrons. The lowest BCUT2D eigenvalue weighted by Gasteiger charge is -2.19. The number of nitrogens with one attached hydrogen (secondary N) is 1. The van der Waals surface area contributed by atoms with Crippen molar-refractivity contribution < 1.29 is 17.9 Å². The topological polar surface area (TPSA) is 72.5 Å². The van der Waals surface area contributed by atoms with Crippen LogP contribution in [0.15, 0.2) is 59.5 Å². The van der Waals surface area contributed by atoms with Crippen LogP contribution in [0.4, 0.5) is 10.5 Å². The van der Waals surface area contributed by atoms with Gasteiger partial charge in [0, 0.05) is 5.69 Å². The minimum atomic E-state index is -3.25. The van der Waals surface area contributed by atoms with E-state index in [1.807, 2.05) is 12.1 Å². The van der Waals surface area contributed by atoms with Gasteiger partial charge in [-0.1, -0.05) is 30.3 Å². The molecule has 0 heterocycles. The fraction of sp³-hybridized carbons (Fsp3) is 0.350. The highest BCUT2D eigenvalue weighted by molar-refractivity contribution is 7.91. The molecule has 2 aromatic carbocycles. The summed E-state index contributed by atoms with van der Waals surface area (Å²) in [6, 6.07) is 15.8. The summed E-state index contributed by atoms with van der Waals surface area (Å²) in [5.74, 6) is 0.106. The van der Waals surface area contributed by atoms with Crippen LogP contribution in [-0.2, 0) is 21.0 Å². The third-order valence-corrected chi connectivity index (χ3v) is 5.40. The molecule has 1 N–H and O–H groups in total. The van der Waals surface area contributed by atoms with Crippen molar-refractivity contribution in [2.75, 3.05) is 11.1 Å². The van der Waals surface area contributed by atoms with E-state index in [-0.39, 0.29) is 5.75 Å². The Morgan fingerprint density at radius 3 is 2.19 bits per heavy atom. The maximum absolute atomic E-state index is 12.3. The Hall–Kier alpha value is -2.34. The van der Waals surface area contributed by atoms with Gasteiger partial charge in [-0.2, -0.15) is 0 Å². The number of anilines is 1. The molecule has 0 aliphatic carbocycles. The van der Waals surface area contributed by atoms with Gasteiger partial charge < -0.3 is 4.74 Å². The molecular formula is C20H25NO4S. The lowest BCUT2D eigenvalue weighted by Crippen LogP contribution is -2.27. The van der Waals surface area contributed by atoms with Crippen molar-refractivity contribution in [3.8, 4) is 0 Å². The van der Waals surface area contributed by atoms with E-state index < -0.39 is 21.5 Å². The number of rotatable bonds is 6. The van der Waals surface area contributed by atoms with E-state index in [1.54, 1.807) is 63.2 Å². The summed E-state index contributed by atoms with van der Waals surface area (Å²) in [7, 11) is -3.25. The Labute approximate surface area is 155 Å². The third-order valence-electron chi connectivity index (χ3n) is 3.58. The van der Waals surface area contributed by atoms with Crippen molar-refractivity contribution in [1.82, 2.24) is 0 Å². The van der Waals surface area contributed by atoms with Gasteiger partial charge in [0.25, 0.3) is 0 Å². The van der Waals surface area contributed by atoms with Gasteiger partial charge in [-0.15, -0.1) is 0 Å². The van der Waals surface area contributed by atoms with E-state index in [1.165, 1.54) is 0 Å². The largest absolute Gasteiger partial charge is 0.444 e. The highest BCUT2D eigenvalue weighted by Gasteiger charge is 2.16. The predicted octanol–water partition coefficient (Wildman–Crippen LogP) is 4.44. The maximum Gasteiger partial charge on any atom is 0.412 e. The summed E-state index contributed by atoms with van der Waals surface area (Å²) in [4.78, 5) is 12.1. The van der Waals surface area contributed by atoms with Crippen LogP contribution in [0.3, 0.4) is 0 Å². The zero-order valence-electron chi connectivity index (χ0n) is 15.4. The van der Waals surface area contributed by atoms with Crippen molar-refractivity contribution in [2.45, 2.75) is 44.1 Å². The molecule has 6 heteroatoms. The van der Waals surface area contributed by atoms with Gasteiger partial charge >= 0.3 is 6.09 Å². The minimum Gasteiger partial charge on any atom is -0.444 e. The number of carbonyl (C=O) groups excluding carboxylic acids is 1. The quantitative estimate of drug-likeness (QED) is 0.810. The van der Waals surface area contributed by atoms with Crippen LogP contribution in [0.25, 0.3) is 0 Å². The summed E-state index contributed by atoms with van der Waals surface area (Å²) < 4.78 is 29.7. The monoisotopic (exact) mass is 375 g/mol. The van der Waals surface area contributed by atoms with Gasteiger partial charge in [0.1, 0.15) is 5.60 Å². The van der Waals surface area contributed by atoms with Gasteiger partial charge in [-0.25, -0.2) is 13.2 Å². The number of carbonyl (C=O) groups is 1. The number of sulfone groups is 1. The Kier molecular flexibility index (Phi) is 6.42. The normalized spacial score (nSPS) is 11.8. The predicted molar refractivity (Wildman–Crippen MR) is 103 cm³/mol. The highest BCUT2D eigenvalue weighted by atomic mass is 32.2. The van der Waals surface area contributed by atoms with E-state index in [0.717, 1.165) is 5.56 Å². The molecule has 0 bridgehead atoms. The molecule has 0 unspecified atom stereocenters. The van der Waals surface area contributed by atoms with Crippen LogP contribution < -0.4 is 5.32 Å². The number of aryl methyl sites for hydroxylation is 1. The molecule has 0 aliphatic heterocycles. The molecule has 0 saturated heterocycles. The summed E-state index contributed by atoms with van der Waals surface area (Å²) in [6.07, 6.45) is 0.689. The van der Waals surface area contributed by atoms with E-state index in [2.05, 4.69) is 5.32 Å². The number of hydrogen-bond donors (Lipinski definition) is 1. The third kappa shape index (κ3) is 6.52. The van der Waals surface area contributed by atoms with E-state index >= 15 is 0 Å². The van der Waals surface area contributed by atoms with Crippen molar-refractivity contribution in [3.05, 3.63) is 60.2 Å². The average molecular weight is 375 g/mol. The molecule has 26 heavy (non-hydrogen) atoms. The molecule has 2 rings (SSSR count). The second-order valence-electron chi connectivity index (χ2n) is 7.06. The van der Waals surface area contributed by atoms with Crippen LogP contribution in [0.2, 0.25) is 0 Å². The number of benzene rings is 2. The van der Waals surface area contributed by atoms with Crippen LogP contribution in [0.5, 0.6) is 0 Å². The lowest BCUT2D eigenvalue weighted by atomic mass is 10.1. The first-order valence-corrected chi connectivity index (χ1v) is 10.2. The van der Waals surface area contributed by atoms with Crippen LogP contribution in [0, 0.1) is 0 Å². The van der Waals surface area contributed by atoms with Crippen molar-refractivity contribution in [1.29, 1.82) is 0 Å². The Bertz CT molecular complexity index is 822. The first kappa shape index (κ1) is 20.0. The Morgan fingerprint density at radius 2 is 1.62 bits per heavy atom. The zero-order valence-corrected chi connectivity index (χ0v) is 16.2. The zero-order chi connectivity index (χ0) is 19.2. The van der Waals surface area contributed by atoms with Gasteiger partial charge in [0.05, 0.1) is 10.6 Å². The van der Waals surface area contributed by atoms with Gasteiger partial charge in [-0.05, 0) is 63.4 Å². The van der Waals surface area contributed by atoms with Crippen molar-refractivity contribution >= 4 is 21.6 Å². The SMILES string of the molecule is CC(C)(C)OC(=O)Nc1ccc(CCCS(=O)(=O)c2ccccc2)cc1. The maximum atomic E-state index is 12.3. The molecule has 0 saturated carbocycles. The van der Waals surface area contributed by atoms with Crippen molar-refractivity contribution in [2.24, 2.45) is 0 Å². The molecule has 0 spiro atoms. The van der Waals surface area contributed by atoms with Crippen LogP contribution in [-0.4, -0.2) is 25.9 Å². The summed E-state index contributed by atoms with van der Waals surface area (Å²) in [6.45, 7) is 5.41. The van der Waals surface area contributed by atoms with Crippen LogP contribution >= 0.6 is 0 Å². The number of amides is 1. The Balaban J connectivity index is 1.85.